The molecular formula is C16H23ClN2O2. The number of carbonyl (C=O) groups excluding carboxylic acids is 1. The summed E-state index contributed by atoms with van der Waals surface area (Å²) in [6, 6.07) is 7.45. The van der Waals surface area contributed by atoms with Gasteiger partial charge in [0.05, 0.1) is 0 Å². The highest BCUT2D eigenvalue weighted by molar-refractivity contribution is 6.30. The van der Waals surface area contributed by atoms with Gasteiger partial charge < -0.3 is 14.5 Å². The van der Waals surface area contributed by atoms with Gasteiger partial charge in [0.25, 0.3) is 0 Å². The van der Waals surface area contributed by atoms with E-state index in [1.807, 2.05) is 36.2 Å². The van der Waals surface area contributed by atoms with Gasteiger partial charge in [0, 0.05) is 38.1 Å². The van der Waals surface area contributed by atoms with Crippen molar-refractivity contribution in [3.05, 3.63) is 29.3 Å². The van der Waals surface area contributed by atoms with Gasteiger partial charge in [-0.1, -0.05) is 17.7 Å². The second-order valence-corrected chi connectivity index (χ2v) is 6.18. The van der Waals surface area contributed by atoms with Crippen molar-refractivity contribution in [2.45, 2.75) is 12.8 Å². The minimum Gasteiger partial charge on any atom is -0.492 e. The number of likely N-dealkylation sites (N-methyl/N-ethyl adjacent to an activating group) is 1. The van der Waals surface area contributed by atoms with Crippen LogP contribution in [0.4, 0.5) is 0 Å². The fraction of sp³-hybridized carbons (Fsp3) is 0.562. The summed E-state index contributed by atoms with van der Waals surface area (Å²) in [5, 5.41) is 0.691. The predicted molar refractivity (Wildman–Crippen MR) is 84.8 cm³/mol. The van der Waals surface area contributed by atoms with Gasteiger partial charge in [-0.3, -0.25) is 4.79 Å². The molecule has 0 aromatic heterocycles. The maximum Gasteiger partial charge on any atom is 0.222 e. The smallest absolute Gasteiger partial charge is 0.222 e. The molecule has 0 radical (unpaired) electrons. The topological polar surface area (TPSA) is 32.8 Å². The molecule has 1 aromatic carbocycles. The SMILES string of the molecule is CN(CCOc1cccc(Cl)c1)CC1CCC(=O)N(C)C1. The van der Waals surface area contributed by atoms with E-state index in [9.17, 15) is 4.79 Å². The lowest BCUT2D eigenvalue weighted by molar-refractivity contribution is -0.133. The number of piperidine rings is 1. The van der Waals surface area contributed by atoms with Crippen LogP contribution in [-0.2, 0) is 4.79 Å². The quantitative estimate of drug-likeness (QED) is 0.809. The monoisotopic (exact) mass is 310 g/mol. The van der Waals surface area contributed by atoms with Crippen LogP contribution in [0.1, 0.15) is 12.8 Å². The summed E-state index contributed by atoms with van der Waals surface area (Å²) in [5.74, 6) is 1.63. The highest BCUT2D eigenvalue weighted by Crippen LogP contribution is 2.18. The Hall–Kier alpha value is -1.26. The Kier molecular flexibility index (Phi) is 5.88. The van der Waals surface area contributed by atoms with Crippen LogP contribution in [0.5, 0.6) is 5.75 Å². The van der Waals surface area contributed by atoms with E-state index in [1.54, 1.807) is 0 Å². The van der Waals surface area contributed by atoms with Gasteiger partial charge in [-0.15, -0.1) is 0 Å². The number of hydrogen-bond donors (Lipinski definition) is 0. The fourth-order valence-electron chi connectivity index (χ4n) is 2.66. The van der Waals surface area contributed by atoms with E-state index in [-0.39, 0.29) is 5.91 Å². The van der Waals surface area contributed by atoms with E-state index in [0.29, 0.717) is 24.0 Å². The average Bonchev–Trinajstić information content (AvgIpc) is 2.43. The number of ether oxygens (including phenoxy) is 1. The van der Waals surface area contributed by atoms with Gasteiger partial charge in [0.1, 0.15) is 12.4 Å². The molecule has 0 saturated carbocycles. The van der Waals surface area contributed by atoms with Crippen molar-refractivity contribution in [2.24, 2.45) is 5.92 Å². The molecule has 1 atom stereocenters. The molecule has 1 aliphatic heterocycles. The zero-order valence-electron chi connectivity index (χ0n) is 12.7. The van der Waals surface area contributed by atoms with Gasteiger partial charge in [0.15, 0.2) is 0 Å². The standard InChI is InChI=1S/C16H23ClN2O2/c1-18(11-13-6-7-16(20)19(2)12-13)8-9-21-15-5-3-4-14(17)10-15/h3-5,10,13H,6-9,11-12H2,1-2H3. The first-order valence-corrected chi connectivity index (χ1v) is 7.73. The maximum atomic E-state index is 11.5. The Bertz CT molecular complexity index is 481. The van der Waals surface area contributed by atoms with Crippen molar-refractivity contribution in [3.8, 4) is 5.75 Å². The third-order valence-electron chi connectivity index (χ3n) is 3.83. The summed E-state index contributed by atoms with van der Waals surface area (Å²) < 4.78 is 5.69. The summed E-state index contributed by atoms with van der Waals surface area (Å²) >= 11 is 5.92. The molecule has 0 aliphatic carbocycles. The van der Waals surface area contributed by atoms with E-state index in [1.165, 1.54) is 0 Å². The van der Waals surface area contributed by atoms with Crippen LogP contribution in [0.15, 0.2) is 24.3 Å². The van der Waals surface area contributed by atoms with Crippen LogP contribution in [-0.4, -0.2) is 56.0 Å². The molecule has 1 saturated heterocycles. The summed E-state index contributed by atoms with van der Waals surface area (Å²) in [4.78, 5) is 15.6. The number of nitrogens with zero attached hydrogens (tertiary/aromatic N) is 2. The lowest BCUT2D eigenvalue weighted by Crippen LogP contribution is -2.41. The van der Waals surface area contributed by atoms with Crippen molar-refractivity contribution in [1.82, 2.24) is 9.80 Å². The molecule has 5 heteroatoms. The van der Waals surface area contributed by atoms with Gasteiger partial charge in [0.2, 0.25) is 5.91 Å². The molecule has 116 valence electrons. The molecule has 1 aromatic rings. The molecule has 1 amide bonds. The lowest BCUT2D eigenvalue weighted by Gasteiger charge is -2.32. The summed E-state index contributed by atoms with van der Waals surface area (Å²) in [6.45, 7) is 3.36. The molecule has 0 spiro atoms. The maximum absolute atomic E-state index is 11.5. The Labute approximate surface area is 131 Å². The number of hydrogen-bond acceptors (Lipinski definition) is 3. The van der Waals surface area contributed by atoms with Gasteiger partial charge in [-0.05, 0) is 37.6 Å². The molecule has 0 bridgehead atoms. The number of halogens is 1. The highest BCUT2D eigenvalue weighted by atomic mass is 35.5. The zero-order valence-corrected chi connectivity index (χ0v) is 13.5. The van der Waals surface area contributed by atoms with Crippen molar-refractivity contribution < 1.29 is 9.53 Å². The van der Waals surface area contributed by atoms with Gasteiger partial charge in [-0.2, -0.15) is 0 Å². The first kappa shape index (κ1) is 16.1. The minimum absolute atomic E-state index is 0.262. The first-order chi connectivity index (χ1) is 10.0. The van der Waals surface area contributed by atoms with Crippen molar-refractivity contribution >= 4 is 17.5 Å². The van der Waals surface area contributed by atoms with Gasteiger partial charge in [-0.25, -0.2) is 0 Å². The van der Waals surface area contributed by atoms with E-state index in [0.717, 1.165) is 31.8 Å². The molecular weight excluding hydrogens is 288 g/mol. The molecule has 4 nitrogen and oxygen atoms in total. The Morgan fingerprint density at radius 3 is 3.00 bits per heavy atom. The molecule has 1 fully saturated rings. The van der Waals surface area contributed by atoms with Crippen LogP contribution in [0.2, 0.25) is 5.02 Å². The zero-order chi connectivity index (χ0) is 15.2. The Morgan fingerprint density at radius 1 is 1.48 bits per heavy atom. The third-order valence-corrected chi connectivity index (χ3v) is 4.07. The summed E-state index contributed by atoms with van der Waals surface area (Å²) in [6.07, 6.45) is 1.66. The van der Waals surface area contributed by atoms with Gasteiger partial charge >= 0.3 is 0 Å². The normalized spacial score (nSPS) is 19.1. The molecule has 1 unspecified atom stereocenters. The lowest BCUT2D eigenvalue weighted by atomic mass is 9.97. The first-order valence-electron chi connectivity index (χ1n) is 7.35. The van der Waals surface area contributed by atoms with Crippen LogP contribution >= 0.6 is 11.6 Å². The number of likely N-dealkylation sites (tertiary alicyclic amines) is 1. The van der Waals surface area contributed by atoms with E-state index >= 15 is 0 Å². The van der Waals surface area contributed by atoms with E-state index in [2.05, 4.69) is 11.9 Å². The third kappa shape index (κ3) is 5.21. The number of carbonyl (C=O) groups is 1. The van der Waals surface area contributed by atoms with Crippen molar-refractivity contribution in [1.29, 1.82) is 0 Å². The molecule has 1 aliphatic rings. The predicted octanol–water partition coefficient (Wildman–Crippen LogP) is 2.52. The van der Waals surface area contributed by atoms with Crippen molar-refractivity contribution in [2.75, 3.05) is 40.3 Å². The molecule has 2 rings (SSSR count). The number of amides is 1. The summed E-state index contributed by atoms with van der Waals surface area (Å²) in [5.41, 5.74) is 0. The van der Waals surface area contributed by atoms with Crippen LogP contribution in [0.25, 0.3) is 0 Å². The molecule has 21 heavy (non-hydrogen) atoms. The molecule has 0 N–H and O–H groups in total. The highest BCUT2D eigenvalue weighted by Gasteiger charge is 2.23. The molecule has 1 heterocycles. The second kappa shape index (κ2) is 7.66. The Morgan fingerprint density at radius 2 is 2.29 bits per heavy atom. The second-order valence-electron chi connectivity index (χ2n) is 5.75. The van der Waals surface area contributed by atoms with Crippen LogP contribution in [0, 0.1) is 5.92 Å². The number of benzene rings is 1. The summed E-state index contributed by atoms with van der Waals surface area (Å²) in [7, 11) is 3.98. The van der Waals surface area contributed by atoms with Crippen molar-refractivity contribution in [3.63, 3.8) is 0 Å². The van der Waals surface area contributed by atoms with Crippen LogP contribution in [0.3, 0.4) is 0 Å². The van der Waals surface area contributed by atoms with E-state index in [4.69, 9.17) is 16.3 Å². The Balaban J connectivity index is 1.68. The average molecular weight is 311 g/mol. The van der Waals surface area contributed by atoms with Crippen LogP contribution < -0.4 is 4.74 Å². The minimum atomic E-state index is 0.262. The largest absolute Gasteiger partial charge is 0.492 e. The van der Waals surface area contributed by atoms with E-state index < -0.39 is 0 Å². The number of rotatable bonds is 6. The fourth-order valence-corrected chi connectivity index (χ4v) is 2.84.